The molecule has 2 amide bonds. The summed E-state index contributed by atoms with van der Waals surface area (Å²) in [6, 6.07) is 4.58. The van der Waals surface area contributed by atoms with E-state index in [1.54, 1.807) is 35.3 Å². The lowest BCUT2D eigenvalue weighted by atomic mass is 9.72. The van der Waals surface area contributed by atoms with Crippen molar-refractivity contribution in [1.29, 1.82) is 0 Å². The Morgan fingerprint density at radius 1 is 1.17 bits per heavy atom. The molecule has 2 aliphatic carbocycles. The van der Waals surface area contributed by atoms with Gasteiger partial charge in [0.1, 0.15) is 5.69 Å². The molecule has 2 saturated carbocycles. The molecule has 1 saturated heterocycles. The van der Waals surface area contributed by atoms with E-state index in [4.69, 9.17) is 4.98 Å². The highest BCUT2D eigenvalue weighted by Gasteiger charge is 2.52. The largest absolute Gasteiger partial charge is 0.480 e. The molecule has 13 heteroatoms. The smallest absolute Gasteiger partial charge is 0.319 e. The topological polar surface area (TPSA) is 144 Å². The second-order valence-corrected chi connectivity index (χ2v) is 11.6. The van der Waals surface area contributed by atoms with Crippen molar-refractivity contribution in [3.63, 3.8) is 0 Å². The number of imidazole rings is 1. The van der Waals surface area contributed by atoms with Gasteiger partial charge in [0.05, 0.1) is 23.6 Å². The van der Waals surface area contributed by atoms with E-state index in [9.17, 15) is 28.3 Å². The predicted octanol–water partition coefficient (Wildman–Crippen LogP) is 2.87. The van der Waals surface area contributed by atoms with Gasteiger partial charge >= 0.3 is 5.97 Å². The molecule has 41 heavy (non-hydrogen) atoms. The second-order valence-electron chi connectivity index (χ2n) is 11.6. The van der Waals surface area contributed by atoms with E-state index in [-0.39, 0.29) is 36.5 Å². The number of nitrogens with zero attached hydrogens (tertiary/aromatic N) is 5. The number of alkyl halides is 2. The van der Waals surface area contributed by atoms with Crippen LogP contribution < -0.4 is 10.6 Å². The molecular weight excluding hydrogens is 536 g/mol. The first kappa shape index (κ1) is 27.3. The first-order valence-corrected chi connectivity index (χ1v) is 14.2. The van der Waals surface area contributed by atoms with Crippen molar-refractivity contribution >= 4 is 23.4 Å². The molecule has 11 nitrogen and oxygen atoms in total. The number of carboxylic acid groups (broad SMARTS) is 1. The Labute approximate surface area is 234 Å². The first-order chi connectivity index (χ1) is 19.7. The average molecular weight is 570 g/mol. The molecule has 0 radical (unpaired) electrons. The highest BCUT2D eigenvalue weighted by Crippen LogP contribution is 2.54. The summed E-state index contributed by atoms with van der Waals surface area (Å²) in [6.45, 7) is 2.21. The fourth-order valence-corrected chi connectivity index (χ4v) is 6.34. The summed E-state index contributed by atoms with van der Waals surface area (Å²) >= 11 is 0. The van der Waals surface area contributed by atoms with Gasteiger partial charge in [-0.05, 0) is 75.0 Å². The molecule has 0 bridgehead atoms. The Bertz CT molecular complexity index is 1470. The molecular formula is C28H33F2N7O4. The van der Waals surface area contributed by atoms with Crippen molar-refractivity contribution in [3.8, 4) is 0 Å². The zero-order valence-corrected chi connectivity index (χ0v) is 22.7. The van der Waals surface area contributed by atoms with Crippen molar-refractivity contribution in [2.75, 3.05) is 6.54 Å². The quantitative estimate of drug-likeness (QED) is 0.301. The minimum absolute atomic E-state index is 0.230. The normalized spacial score (nSPS) is 23.6. The maximum atomic E-state index is 13.5. The standard InChI is InChI=1S/C28H33F2N7O4/c1-2-36-20(9-10-32-36)25(38)34-23(22(15-3-4-15)16-5-6-16)19-14-37-21(33-19)8-7-18(35-37)12-28(27(40)41)11-17(24(29)30)13-31-26(28)39/h7-10,14-17,22-24H,2-6,11-13H2,1H3,(H,31,39)(H,34,38)(H,40,41). The van der Waals surface area contributed by atoms with E-state index in [1.165, 1.54) is 4.52 Å². The molecule has 3 N–H and O–H groups in total. The van der Waals surface area contributed by atoms with Crippen LogP contribution in [-0.2, 0) is 22.6 Å². The molecule has 3 unspecified atom stereocenters. The highest BCUT2D eigenvalue weighted by molar-refractivity contribution is 6.02. The van der Waals surface area contributed by atoms with Crippen LogP contribution in [0.4, 0.5) is 8.78 Å². The number of hydrogen-bond donors (Lipinski definition) is 3. The molecule has 3 aromatic heterocycles. The number of fused-ring (bicyclic) bond motifs is 1. The summed E-state index contributed by atoms with van der Waals surface area (Å²) in [5.41, 5.74) is -0.169. The molecule has 4 heterocycles. The predicted molar refractivity (Wildman–Crippen MR) is 141 cm³/mol. The first-order valence-electron chi connectivity index (χ1n) is 14.2. The number of piperidine rings is 1. The lowest BCUT2D eigenvalue weighted by Gasteiger charge is -2.36. The summed E-state index contributed by atoms with van der Waals surface area (Å²) in [6.07, 6.45) is 4.18. The summed E-state index contributed by atoms with van der Waals surface area (Å²) in [4.78, 5) is 43.2. The Hall–Kier alpha value is -3.90. The average Bonchev–Trinajstić information content (AvgIpc) is 3.87. The number of aromatic nitrogens is 5. The Morgan fingerprint density at radius 2 is 1.90 bits per heavy atom. The maximum absolute atomic E-state index is 13.5. The zero-order valence-electron chi connectivity index (χ0n) is 22.7. The van der Waals surface area contributed by atoms with Crippen LogP contribution in [0.1, 0.15) is 66.9 Å². The SMILES string of the molecule is CCn1nccc1C(=O)NC(c1cn2nc(CC3(C(=O)O)CC(C(F)F)CNC3=O)ccc2n1)C(C1CC1)C1CC1. The van der Waals surface area contributed by atoms with Gasteiger partial charge in [-0.15, -0.1) is 0 Å². The van der Waals surface area contributed by atoms with E-state index < -0.39 is 36.1 Å². The van der Waals surface area contributed by atoms with Crippen molar-refractivity contribution in [2.24, 2.45) is 29.1 Å². The molecule has 3 atom stereocenters. The zero-order chi connectivity index (χ0) is 28.9. The lowest BCUT2D eigenvalue weighted by molar-refractivity contribution is -0.161. The summed E-state index contributed by atoms with van der Waals surface area (Å²) in [5.74, 6) is -2.51. The van der Waals surface area contributed by atoms with Crippen LogP contribution in [0.5, 0.6) is 0 Å². The molecule has 6 rings (SSSR count). The van der Waals surface area contributed by atoms with Gasteiger partial charge in [-0.2, -0.15) is 10.2 Å². The van der Waals surface area contributed by atoms with Crippen LogP contribution in [0, 0.1) is 29.1 Å². The fraction of sp³-hybridized carbons (Fsp3) is 0.571. The van der Waals surface area contributed by atoms with Crippen LogP contribution in [0.3, 0.4) is 0 Å². The third kappa shape index (κ3) is 5.17. The summed E-state index contributed by atoms with van der Waals surface area (Å²) in [5, 5.41) is 24.3. The molecule has 3 aliphatic rings. The van der Waals surface area contributed by atoms with E-state index in [1.807, 2.05) is 6.92 Å². The summed E-state index contributed by atoms with van der Waals surface area (Å²) < 4.78 is 30.1. The Morgan fingerprint density at radius 3 is 2.54 bits per heavy atom. The lowest BCUT2D eigenvalue weighted by Crippen LogP contribution is -2.56. The fourth-order valence-electron chi connectivity index (χ4n) is 6.34. The maximum Gasteiger partial charge on any atom is 0.319 e. The Balaban J connectivity index is 1.32. The molecule has 0 spiro atoms. The van der Waals surface area contributed by atoms with Gasteiger partial charge in [0, 0.05) is 31.6 Å². The molecule has 1 aliphatic heterocycles. The number of halogens is 2. The van der Waals surface area contributed by atoms with E-state index >= 15 is 0 Å². The van der Waals surface area contributed by atoms with E-state index in [0.29, 0.717) is 35.4 Å². The van der Waals surface area contributed by atoms with Crippen molar-refractivity contribution in [2.45, 2.75) is 64.5 Å². The minimum atomic E-state index is -2.75. The number of nitrogens with one attached hydrogen (secondary N) is 2. The molecule has 0 aromatic carbocycles. The van der Waals surface area contributed by atoms with Crippen LogP contribution in [0.15, 0.2) is 30.6 Å². The minimum Gasteiger partial charge on any atom is -0.480 e. The van der Waals surface area contributed by atoms with Crippen molar-refractivity contribution < 1.29 is 28.3 Å². The van der Waals surface area contributed by atoms with Gasteiger partial charge in [0.2, 0.25) is 12.3 Å². The van der Waals surface area contributed by atoms with Crippen LogP contribution in [-0.4, -0.2) is 60.2 Å². The van der Waals surface area contributed by atoms with Crippen molar-refractivity contribution in [1.82, 2.24) is 35.0 Å². The monoisotopic (exact) mass is 569 g/mol. The number of hydrogen-bond acceptors (Lipinski definition) is 6. The number of rotatable bonds is 11. The second kappa shape index (κ2) is 10.5. The van der Waals surface area contributed by atoms with Crippen LogP contribution >= 0.6 is 0 Å². The molecule has 3 fully saturated rings. The van der Waals surface area contributed by atoms with Gasteiger partial charge in [-0.1, -0.05) is 0 Å². The third-order valence-electron chi connectivity index (χ3n) is 8.78. The van der Waals surface area contributed by atoms with Gasteiger partial charge in [-0.25, -0.2) is 18.3 Å². The highest BCUT2D eigenvalue weighted by atomic mass is 19.3. The van der Waals surface area contributed by atoms with E-state index in [0.717, 1.165) is 25.7 Å². The summed E-state index contributed by atoms with van der Waals surface area (Å²) in [7, 11) is 0. The van der Waals surface area contributed by atoms with Crippen LogP contribution in [0.25, 0.3) is 5.65 Å². The van der Waals surface area contributed by atoms with Gasteiger partial charge in [0.25, 0.3) is 5.91 Å². The number of carbonyl (C=O) groups excluding carboxylic acids is 2. The number of aryl methyl sites for hydroxylation is 1. The molecule has 3 aromatic rings. The van der Waals surface area contributed by atoms with Gasteiger partial charge < -0.3 is 15.7 Å². The van der Waals surface area contributed by atoms with Gasteiger partial charge in [-0.3, -0.25) is 19.1 Å². The third-order valence-corrected chi connectivity index (χ3v) is 8.78. The number of carboxylic acids is 1. The van der Waals surface area contributed by atoms with Crippen LogP contribution in [0.2, 0.25) is 0 Å². The van der Waals surface area contributed by atoms with Gasteiger partial charge in [0.15, 0.2) is 11.1 Å². The van der Waals surface area contributed by atoms with Crippen molar-refractivity contribution in [3.05, 3.63) is 47.7 Å². The Kier molecular flexibility index (Phi) is 6.98. The molecule has 218 valence electrons. The number of amides is 2. The number of aliphatic carboxylic acids is 1. The van der Waals surface area contributed by atoms with E-state index in [2.05, 4.69) is 20.8 Å². The number of carbonyl (C=O) groups is 3.